The summed E-state index contributed by atoms with van der Waals surface area (Å²) in [5.41, 5.74) is 0.622. The molecule has 0 bridgehead atoms. The van der Waals surface area contributed by atoms with Crippen molar-refractivity contribution in [3.05, 3.63) is 57.9 Å². The molecule has 20 heavy (non-hydrogen) atoms. The summed E-state index contributed by atoms with van der Waals surface area (Å²) in [4.78, 5) is 22.4. The Bertz CT molecular complexity index is 622. The summed E-state index contributed by atoms with van der Waals surface area (Å²) < 4.78 is 1.32. The van der Waals surface area contributed by atoms with Gasteiger partial charge in [-0.15, -0.1) is 0 Å². The SMILES string of the molecule is CCn1ncc([N+](=O)[O-])c1C(=O)NCc1ccccc1. The van der Waals surface area contributed by atoms with Crippen LogP contribution in [0.4, 0.5) is 5.69 Å². The van der Waals surface area contributed by atoms with E-state index in [4.69, 9.17) is 0 Å². The van der Waals surface area contributed by atoms with Crippen LogP contribution in [0, 0.1) is 10.1 Å². The molecule has 7 nitrogen and oxygen atoms in total. The Morgan fingerprint density at radius 1 is 1.40 bits per heavy atom. The Morgan fingerprint density at radius 3 is 2.70 bits per heavy atom. The molecule has 1 aromatic heterocycles. The molecule has 2 aromatic rings. The Labute approximate surface area is 115 Å². The summed E-state index contributed by atoms with van der Waals surface area (Å²) >= 11 is 0. The quantitative estimate of drug-likeness (QED) is 0.664. The van der Waals surface area contributed by atoms with Crippen molar-refractivity contribution < 1.29 is 9.72 Å². The zero-order valence-corrected chi connectivity index (χ0v) is 10.9. The summed E-state index contributed by atoms with van der Waals surface area (Å²) in [5.74, 6) is -0.500. The van der Waals surface area contributed by atoms with Crippen LogP contribution in [0.25, 0.3) is 0 Å². The van der Waals surface area contributed by atoms with E-state index in [9.17, 15) is 14.9 Å². The largest absolute Gasteiger partial charge is 0.346 e. The predicted molar refractivity (Wildman–Crippen MR) is 72.2 cm³/mol. The number of aromatic nitrogens is 2. The van der Waals surface area contributed by atoms with Gasteiger partial charge < -0.3 is 5.32 Å². The topological polar surface area (TPSA) is 90.1 Å². The minimum atomic E-state index is -0.601. The van der Waals surface area contributed by atoms with E-state index in [-0.39, 0.29) is 11.4 Å². The Balaban J connectivity index is 2.16. The van der Waals surface area contributed by atoms with E-state index < -0.39 is 10.8 Å². The highest BCUT2D eigenvalue weighted by molar-refractivity contribution is 5.96. The minimum Gasteiger partial charge on any atom is -0.346 e. The third kappa shape index (κ3) is 2.82. The van der Waals surface area contributed by atoms with Gasteiger partial charge in [-0.1, -0.05) is 30.3 Å². The Kier molecular flexibility index (Phi) is 4.09. The average Bonchev–Trinajstić information content (AvgIpc) is 2.90. The van der Waals surface area contributed by atoms with Gasteiger partial charge in [-0.2, -0.15) is 5.10 Å². The smallest absolute Gasteiger partial charge is 0.320 e. The molecule has 2 rings (SSSR count). The van der Waals surface area contributed by atoms with Gasteiger partial charge >= 0.3 is 5.69 Å². The number of hydrogen-bond acceptors (Lipinski definition) is 4. The van der Waals surface area contributed by atoms with Crippen molar-refractivity contribution in [2.45, 2.75) is 20.0 Å². The Morgan fingerprint density at radius 2 is 2.10 bits per heavy atom. The summed E-state index contributed by atoms with van der Waals surface area (Å²) in [6.07, 6.45) is 1.10. The fourth-order valence-electron chi connectivity index (χ4n) is 1.84. The van der Waals surface area contributed by atoms with Gasteiger partial charge in [0.25, 0.3) is 5.91 Å². The molecule has 0 aliphatic carbocycles. The average molecular weight is 274 g/mol. The fourth-order valence-corrected chi connectivity index (χ4v) is 1.84. The molecule has 104 valence electrons. The summed E-state index contributed by atoms with van der Waals surface area (Å²) in [5, 5.41) is 17.4. The van der Waals surface area contributed by atoms with Gasteiger partial charge in [0.2, 0.25) is 5.69 Å². The first-order chi connectivity index (χ1) is 9.63. The van der Waals surface area contributed by atoms with Crippen molar-refractivity contribution in [3.8, 4) is 0 Å². The number of hydrogen-bond donors (Lipinski definition) is 1. The number of aryl methyl sites for hydroxylation is 1. The fraction of sp³-hybridized carbons (Fsp3) is 0.231. The normalized spacial score (nSPS) is 10.2. The second-order valence-corrected chi connectivity index (χ2v) is 4.12. The van der Waals surface area contributed by atoms with Gasteiger partial charge in [0, 0.05) is 13.1 Å². The van der Waals surface area contributed by atoms with Crippen LogP contribution < -0.4 is 5.32 Å². The minimum absolute atomic E-state index is 0.0200. The lowest BCUT2D eigenvalue weighted by Crippen LogP contribution is -2.26. The molecule has 0 spiro atoms. The molecule has 1 amide bonds. The monoisotopic (exact) mass is 274 g/mol. The van der Waals surface area contributed by atoms with Crippen molar-refractivity contribution in [2.24, 2.45) is 0 Å². The van der Waals surface area contributed by atoms with Gasteiger partial charge in [-0.3, -0.25) is 19.6 Å². The van der Waals surface area contributed by atoms with E-state index >= 15 is 0 Å². The predicted octanol–water partition coefficient (Wildman–Crippen LogP) is 1.74. The van der Waals surface area contributed by atoms with Crippen molar-refractivity contribution >= 4 is 11.6 Å². The lowest BCUT2D eigenvalue weighted by atomic mass is 10.2. The van der Waals surface area contributed by atoms with Gasteiger partial charge in [-0.05, 0) is 12.5 Å². The molecule has 0 atom stereocenters. The van der Waals surface area contributed by atoms with Crippen LogP contribution in [0.15, 0.2) is 36.5 Å². The number of carbonyl (C=O) groups is 1. The molecule has 0 unspecified atom stereocenters. The number of nitro groups is 1. The molecule has 1 aromatic carbocycles. The van der Waals surface area contributed by atoms with Crippen LogP contribution in [0.2, 0.25) is 0 Å². The number of benzene rings is 1. The van der Waals surface area contributed by atoms with Gasteiger partial charge in [0.05, 0.1) is 4.92 Å². The summed E-state index contributed by atoms with van der Waals surface area (Å²) in [7, 11) is 0. The number of nitrogens with one attached hydrogen (secondary N) is 1. The van der Waals surface area contributed by atoms with Crippen LogP contribution in [0.3, 0.4) is 0 Å². The van der Waals surface area contributed by atoms with E-state index in [2.05, 4.69) is 10.4 Å². The number of amides is 1. The highest BCUT2D eigenvalue weighted by atomic mass is 16.6. The van der Waals surface area contributed by atoms with E-state index in [1.807, 2.05) is 30.3 Å². The number of carbonyl (C=O) groups excluding carboxylic acids is 1. The summed E-state index contributed by atoms with van der Waals surface area (Å²) in [6.45, 7) is 2.47. The second-order valence-electron chi connectivity index (χ2n) is 4.12. The van der Waals surface area contributed by atoms with E-state index in [0.29, 0.717) is 13.1 Å². The van der Waals surface area contributed by atoms with Crippen molar-refractivity contribution in [1.29, 1.82) is 0 Å². The standard InChI is InChI=1S/C13H14N4O3/c1-2-16-12(11(9-15-16)17(19)20)13(18)14-8-10-6-4-3-5-7-10/h3-7,9H,2,8H2,1H3,(H,14,18). The zero-order chi connectivity index (χ0) is 14.5. The first kappa shape index (κ1) is 13.7. The van der Waals surface area contributed by atoms with Gasteiger partial charge in [-0.25, -0.2) is 0 Å². The molecule has 1 N–H and O–H groups in total. The molecular formula is C13H14N4O3. The second kappa shape index (κ2) is 5.96. The summed E-state index contributed by atoms with van der Waals surface area (Å²) in [6, 6.07) is 9.33. The van der Waals surface area contributed by atoms with Crippen molar-refractivity contribution in [1.82, 2.24) is 15.1 Å². The van der Waals surface area contributed by atoms with Crippen molar-refractivity contribution in [3.63, 3.8) is 0 Å². The first-order valence-corrected chi connectivity index (χ1v) is 6.15. The van der Waals surface area contributed by atoms with E-state index in [1.54, 1.807) is 6.92 Å². The van der Waals surface area contributed by atoms with Crippen LogP contribution in [0.1, 0.15) is 23.0 Å². The molecule has 1 heterocycles. The molecule has 0 fully saturated rings. The number of rotatable bonds is 5. The maximum Gasteiger partial charge on any atom is 0.320 e. The molecule has 7 heteroatoms. The first-order valence-electron chi connectivity index (χ1n) is 6.15. The van der Waals surface area contributed by atoms with Gasteiger partial charge in [0.1, 0.15) is 6.20 Å². The third-order valence-electron chi connectivity index (χ3n) is 2.83. The maximum absolute atomic E-state index is 12.1. The van der Waals surface area contributed by atoms with Crippen LogP contribution >= 0.6 is 0 Å². The molecule has 0 radical (unpaired) electrons. The Hall–Kier alpha value is -2.70. The molecule has 0 aliphatic rings. The highest BCUT2D eigenvalue weighted by Crippen LogP contribution is 2.17. The van der Waals surface area contributed by atoms with Crippen molar-refractivity contribution in [2.75, 3.05) is 0 Å². The van der Waals surface area contributed by atoms with Crippen LogP contribution in [0.5, 0.6) is 0 Å². The van der Waals surface area contributed by atoms with Gasteiger partial charge in [0.15, 0.2) is 0 Å². The molecule has 0 aliphatic heterocycles. The van der Waals surface area contributed by atoms with Crippen LogP contribution in [-0.2, 0) is 13.1 Å². The maximum atomic E-state index is 12.1. The molecule has 0 saturated carbocycles. The number of nitrogens with zero attached hydrogens (tertiary/aromatic N) is 3. The molecule has 0 saturated heterocycles. The third-order valence-corrected chi connectivity index (χ3v) is 2.83. The van der Waals surface area contributed by atoms with E-state index in [1.165, 1.54) is 4.68 Å². The zero-order valence-electron chi connectivity index (χ0n) is 10.9. The lowest BCUT2D eigenvalue weighted by molar-refractivity contribution is -0.385. The van der Waals surface area contributed by atoms with Crippen LogP contribution in [-0.4, -0.2) is 20.6 Å². The lowest BCUT2D eigenvalue weighted by Gasteiger charge is -2.06. The highest BCUT2D eigenvalue weighted by Gasteiger charge is 2.25. The van der Waals surface area contributed by atoms with E-state index in [0.717, 1.165) is 11.8 Å². The molecular weight excluding hydrogens is 260 g/mol.